The van der Waals surface area contributed by atoms with Crippen LogP contribution >= 0.6 is 47.8 Å². The molecule has 0 fully saturated rings. The van der Waals surface area contributed by atoms with Crippen LogP contribution in [0.4, 0.5) is 0 Å². The van der Waals surface area contributed by atoms with E-state index in [2.05, 4.69) is 60.9 Å². The Morgan fingerprint density at radius 2 is 1.78 bits per heavy atom. The second kappa shape index (κ2) is 7.11. The monoisotopic (exact) mass is 438 g/mol. The second-order valence-electron chi connectivity index (χ2n) is 3.06. The number of hydrogen-bond donors (Lipinski definition) is 0. The lowest BCUT2D eigenvalue weighted by Crippen LogP contribution is -2.21. The third-order valence-corrected chi connectivity index (χ3v) is 3.42. The summed E-state index contributed by atoms with van der Waals surface area (Å²) in [5.74, 6) is -0.0655. The van der Waals surface area contributed by atoms with Crippen molar-refractivity contribution >= 4 is 53.8 Å². The molecule has 1 rings (SSSR count). The van der Waals surface area contributed by atoms with Crippen molar-refractivity contribution in [2.75, 3.05) is 0 Å². The molecule has 0 aliphatic carbocycles. The molecule has 18 heavy (non-hydrogen) atoms. The fourth-order valence-corrected chi connectivity index (χ4v) is 3.49. The van der Waals surface area contributed by atoms with Crippen molar-refractivity contribution in [3.63, 3.8) is 0 Å². The number of esters is 1. The van der Waals surface area contributed by atoms with Crippen LogP contribution < -0.4 is 4.74 Å². The van der Waals surface area contributed by atoms with Gasteiger partial charge >= 0.3 is 5.97 Å². The summed E-state index contributed by atoms with van der Waals surface area (Å²) < 4.78 is 12.8. The first-order valence-electron chi connectivity index (χ1n) is 4.74. The highest BCUT2D eigenvalue weighted by Crippen LogP contribution is 2.37. The van der Waals surface area contributed by atoms with E-state index in [9.17, 15) is 4.79 Å². The number of ether oxygens (including phenoxy) is 2. The van der Waals surface area contributed by atoms with Crippen LogP contribution in [0.25, 0.3) is 0 Å². The summed E-state index contributed by atoms with van der Waals surface area (Å²) in [7, 11) is 0. The lowest BCUT2D eigenvalue weighted by Gasteiger charge is -2.17. The molecule has 0 aromatic heterocycles. The van der Waals surface area contributed by atoms with Gasteiger partial charge in [0, 0.05) is 10.5 Å². The van der Waals surface area contributed by atoms with Crippen molar-refractivity contribution in [3.8, 4) is 5.75 Å². The Bertz CT molecular complexity index is 462. The highest BCUT2D eigenvalue weighted by atomic mass is 79.9. The second-order valence-corrected chi connectivity index (χ2v) is 5.69. The third kappa shape index (κ3) is 4.26. The molecule has 0 radical (unpaired) electrons. The smallest absolute Gasteiger partial charge is 0.333 e. The van der Waals surface area contributed by atoms with Crippen LogP contribution in [-0.2, 0) is 9.53 Å². The van der Waals surface area contributed by atoms with E-state index in [1.807, 2.05) is 12.1 Å². The summed E-state index contributed by atoms with van der Waals surface area (Å²) in [4.78, 5) is 11.1. The van der Waals surface area contributed by atoms with Crippen LogP contribution in [-0.4, -0.2) is 12.3 Å². The van der Waals surface area contributed by atoms with Crippen LogP contribution in [0.1, 0.15) is 0 Å². The van der Waals surface area contributed by atoms with Crippen molar-refractivity contribution < 1.29 is 14.3 Å². The van der Waals surface area contributed by atoms with Gasteiger partial charge in [0.25, 0.3) is 6.29 Å². The van der Waals surface area contributed by atoms with Gasteiger partial charge in [-0.05, 0) is 50.1 Å². The highest BCUT2D eigenvalue weighted by molar-refractivity contribution is 9.11. The maximum Gasteiger partial charge on any atom is 0.333 e. The molecule has 0 spiro atoms. The molecule has 0 saturated heterocycles. The SMILES string of the molecule is C=CC(=O)OC(C=C)Oc1c(Br)cc(Br)cc1Br. The molecule has 1 unspecified atom stereocenters. The van der Waals surface area contributed by atoms with Crippen molar-refractivity contribution in [1.82, 2.24) is 0 Å². The summed E-state index contributed by atoms with van der Waals surface area (Å²) in [6.07, 6.45) is 1.55. The molecule has 0 aliphatic heterocycles. The molecule has 0 saturated carbocycles. The molecule has 0 heterocycles. The number of benzene rings is 1. The van der Waals surface area contributed by atoms with Gasteiger partial charge in [0.2, 0.25) is 0 Å². The molecule has 1 atom stereocenters. The van der Waals surface area contributed by atoms with E-state index in [1.54, 1.807) is 0 Å². The van der Waals surface area contributed by atoms with E-state index in [4.69, 9.17) is 9.47 Å². The normalized spacial score (nSPS) is 11.5. The molecule has 1 aromatic carbocycles. The first-order chi connectivity index (χ1) is 8.47. The average Bonchev–Trinajstić information content (AvgIpc) is 2.31. The summed E-state index contributed by atoms with van der Waals surface area (Å²) >= 11 is 10.1. The fraction of sp³-hybridized carbons (Fsp3) is 0.0833. The van der Waals surface area contributed by atoms with Crippen molar-refractivity contribution in [1.29, 1.82) is 0 Å². The van der Waals surface area contributed by atoms with Crippen LogP contribution in [0.3, 0.4) is 0 Å². The Hall–Kier alpha value is -0.590. The van der Waals surface area contributed by atoms with Crippen molar-refractivity contribution in [2.45, 2.75) is 6.29 Å². The molecular weight excluding hydrogens is 432 g/mol. The molecule has 0 aliphatic rings. The van der Waals surface area contributed by atoms with Crippen molar-refractivity contribution in [3.05, 3.63) is 50.9 Å². The van der Waals surface area contributed by atoms with Crippen LogP contribution in [0, 0.1) is 0 Å². The zero-order valence-electron chi connectivity index (χ0n) is 9.16. The largest absolute Gasteiger partial charge is 0.449 e. The third-order valence-electron chi connectivity index (χ3n) is 1.79. The van der Waals surface area contributed by atoms with Crippen LogP contribution in [0.15, 0.2) is 50.9 Å². The Morgan fingerprint density at radius 1 is 1.22 bits per heavy atom. The minimum atomic E-state index is -0.885. The fourth-order valence-electron chi connectivity index (χ4n) is 1.04. The lowest BCUT2D eigenvalue weighted by atomic mass is 10.3. The van der Waals surface area contributed by atoms with Gasteiger partial charge in [-0.15, -0.1) is 0 Å². The topological polar surface area (TPSA) is 35.5 Å². The number of carbonyl (C=O) groups excluding carboxylic acids is 1. The van der Waals surface area contributed by atoms with Gasteiger partial charge < -0.3 is 9.47 Å². The number of carbonyl (C=O) groups is 1. The highest BCUT2D eigenvalue weighted by Gasteiger charge is 2.15. The zero-order valence-corrected chi connectivity index (χ0v) is 13.9. The van der Waals surface area contributed by atoms with Gasteiger partial charge in [-0.25, -0.2) is 4.79 Å². The standard InChI is InChI=1S/C12H9Br3O3/c1-3-10(16)17-11(4-2)18-12-8(14)5-7(13)6-9(12)15/h3-6,11H,1-2H2. The zero-order chi connectivity index (χ0) is 13.7. The van der Waals surface area contributed by atoms with Gasteiger partial charge in [0.15, 0.2) is 5.75 Å². The molecule has 3 nitrogen and oxygen atoms in total. The van der Waals surface area contributed by atoms with E-state index in [-0.39, 0.29) is 0 Å². The van der Waals surface area contributed by atoms with E-state index in [1.165, 1.54) is 6.08 Å². The Balaban J connectivity index is 2.91. The quantitative estimate of drug-likeness (QED) is 0.290. The molecule has 0 bridgehead atoms. The summed E-state index contributed by atoms with van der Waals surface area (Å²) in [6.45, 7) is 6.86. The van der Waals surface area contributed by atoms with E-state index >= 15 is 0 Å². The number of rotatable bonds is 5. The molecule has 0 amide bonds. The maximum absolute atomic E-state index is 11.1. The van der Waals surface area contributed by atoms with Gasteiger partial charge in [-0.2, -0.15) is 0 Å². The molecular formula is C12H9Br3O3. The number of hydrogen-bond acceptors (Lipinski definition) is 3. The lowest BCUT2D eigenvalue weighted by molar-refractivity contribution is -0.151. The van der Waals surface area contributed by atoms with Crippen LogP contribution in [0.5, 0.6) is 5.75 Å². The minimum Gasteiger partial charge on any atom is -0.449 e. The van der Waals surface area contributed by atoms with Gasteiger partial charge in [-0.1, -0.05) is 29.1 Å². The first-order valence-corrected chi connectivity index (χ1v) is 7.12. The average molecular weight is 441 g/mol. The Labute approximate surface area is 130 Å². The summed E-state index contributed by atoms with van der Waals surface area (Å²) in [5.41, 5.74) is 0. The van der Waals surface area contributed by atoms with Crippen molar-refractivity contribution in [2.24, 2.45) is 0 Å². The van der Waals surface area contributed by atoms with Crippen LogP contribution in [0.2, 0.25) is 0 Å². The Kier molecular flexibility index (Phi) is 6.11. The Morgan fingerprint density at radius 3 is 2.22 bits per heavy atom. The van der Waals surface area contributed by atoms with E-state index in [0.717, 1.165) is 10.5 Å². The predicted octanol–water partition coefficient (Wildman–Crippen LogP) is 4.59. The minimum absolute atomic E-state index is 0.514. The first kappa shape index (κ1) is 15.5. The summed E-state index contributed by atoms with van der Waals surface area (Å²) in [6, 6.07) is 3.63. The van der Waals surface area contributed by atoms with Gasteiger partial charge in [0.1, 0.15) is 0 Å². The predicted molar refractivity (Wildman–Crippen MR) is 80.4 cm³/mol. The van der Waals surface area contributed by atoms with E-state index < -0.39 is 12.3 Å². The maximum atomic E-state index is 11.1. The molecule has 0 N–H and O–H groups in total. The van der Waals surface area contributed by atoms with Gasteiger partial charge in [-0.3, -0.25) is 0 Å². The molecule has 96 valence electrons. The molecule has 6 heteroatoms. The van der Waals surface area contributed by atoms with E-state index in [0.29, 0.717) is 14.7 Å². The summed E-state index contributed by atoms with van der Waals surface area (Å²) in [5, 5.41) is 0. The molecule has 1 aromatic rings. The van der Waals surface area contributed by atoms with Gasteiger partial charge in [0.05, 0.1) is 8.95 Å². The number of halogens is 3.